The largest absolute Gasteiger partial charge is 0.368 e. The third-order valence-electron chi connectivity index (χ3n) is 1.53. The van der Waals surface area contributed by atoms with Gasteiger partial charge >= 0.3 is 0 Å². The topological polar surface area (TPSA) is 51.8 Å². The van der Waals surface area contributed by atoms with Crippen LogP contribution in [-0.2, 0) is 0 Å². The Morgan fingerprint density at radius 1 is 1.00 bits per heavy atom. The zero-order valence-electron chi connectivity index (χ0n) is 6.16. The highest BCUT2D eigenvalue weighted by atomic mass is 35.5. The molecule has 0 radical (unpaired) electrons. The number of aromatic nitrogens is 2. The molecular weight excluding hydrogens is 174 g/mol. The monoisotopic (exact) mass is 179 g/mol. The molecule has 1 aliphatic carbocycles. The summed E-state index contributed by atoms with van der Waals surface area (Å²) in [6.07, 6.45) is 0. The molecule has 12 heavy (non-hydrogen) atoms. The molecule has 0 saturated carbocycles. The van der Waals surface area contributed by atoms with Crippen LogP contribution in [0.1, 0.15) is 0 Å². The van der Waals surface area contributed by atoms with Gasteiger partial charge in [-0.05, 0) is 24.3 Å². The predicted molar refractivity (Wildman–Crippen MR) is 48.1 cm³/mol. The van der Waals surface area contributed by atoms with Gasteiger partial charge in [-0.15, -0.1) is 0 Å². The predicted octanol–water partition coefficient (Wildman–Crippen LogP) is 1.82. The lowest BCUT2D eigenvalue weighted by molar-refractivity contribution is 1.34. The third-order valence-corrected chi connectivity index (χ3v) is 1.79. The Hall–Kier alpha value is -1.35. The van der Waals surface area contributed by atoms with Crippen molar-refractivity contribution in [2.24, 2.45) is 0 Å². The third kappa shape index (κ3) is 1.19. The van der Waals surface area contributed by atoms with E-state index in [1.165, 1.54) is 0 Å². The van der Waals surface area contributed by atoms with E-state index in [9.17, 15) is 0 Å². The van der Waals surface area contributed by atoms with Gasteiger partial charge in [0.2, 0.25) is 5.95 Å². The molecule has 0 aromatic carbocycles. The highest BCUT2D eigenvalue weighted by molar-refractivity contribution is 6.30. The molecule has 60 valence electrons. The van der Waals surface area contributed by atoms with Crippen LogP contribution in [0, 0.1) is 0 Å². The quantitative estimate of drug-likeness (QED) is 0.671. The molecule has 1 heterocycles. The van der Waals surface area contributed by atoms with Gasteiger partial charge in [-0.1, -0.05) is 11.6 Å². The van der Waals surface area contributed by atoms with Gasteiger partial charge in [0.1, 0.15) is 0 Å². The molecule has 0 unspecified atom stereocenters. The van der Waals surface area contributed by atoms with E-state index in [0.717, 1.165) is 11.4 Å². The Morgan fingerprint density at radius 3 is 2.00 bits per heavy atom. The lowest BCUT2D eigenvalue weighted by Crippen LogP contribution is -1.83. The average Bonchev–Trinajstić information content (AvgIpc) is 2.31. The standard InChI is InChI=1S/C8H6ClN3/c9-5-1-3-6-7(4-2-5)12-8(10)11-6/h1-4H,(H2,10,11,12). The van der Waals surface area contributed by atoms with Crippen molar-refractivity contribution in [3.05, 3.63) is 29.3 Å². The molecule has 3 nitrogen and oxygen atoms in total. The van der Waals surface area contributed by atoms with Crippen molar-refractivity contribution in [1.29, 1.82) is 0 Å². The average molecular weight is 180 g/mol. The minimum Gasteiger partial charge on any atom is -0.368 e. The first kappa shape index (κ1) is 7.31. The molecule has 0 fully saturated rings. The van der Waals surface area contributed by atoms with Gasteiger partial charge < -0.3 is 5.73 Å². The van der Waals surface area contributed by atoms with E-state index < -0.39 is 0 Å². The van der Waals surface area contributed by atoms with Gasteiger partial charge in [-0.2, -0.15) is 0 Å². The summed E-state index contributed by atoms with van der Waals surface area (Å²) in [6.45, 7) is 0. The second kappa shape index (κ2) is 2.60. The normalized spacial score (nSPS) is 10.4. The molecule has 4 heteroatoms. The zero-order chi connectivity index (χ0) is 8.55. The van der Waals surface area contributed by atoms with E-state index >= 15 is 0 Å². The molecule has 0 aromatic rings. The van der Waals surface area contributed by atoms with Gasteiger partial charge in [-0.3, -0.25) is 0 Å². The van der Waals surface area contributed by atoms with E-state index in [1.54, 1.807) is 24.3 Å². The van der Waals surface area contributed by atoms with Gasteiger partial charge in [-0.25, -0.2) is 9.97 Å². The van der Waals surface area contributed by atoms with E-state index in [4.69, 9.17) is 17.3 Å². The first-order valence-corrected chi connectivity index (χ1v) is 3.82. The van der Waals surface area contributed by atoms with Crippen LogP contribution in [0.5, 0.6) is 0 Å². The number of hydrogen-bond donors (Lipinski definition) is 1. The molecule has 1 aliphatic heterocycles. The summed E-state index contributed by atoms with van der Waals surface area (Å²) in [5.74, 6) is 0.298. The molecule has 2 N–H and O–H groups in total. The van der Waals surface area contributed by atoms with Gasteiger partial charge in [0.05, 0.1) is 11.4 Å². The van der Waals surface area contributed by atoms with Crippen LogP contribution in [0.2, 0.25) is 5.02 Å². The summed E-state index contributed by atoms with van der Waals surface area (Å²) >= 11 is 5.76. The van der Waals surface area contributed by atoms with Crippen molar-refractivity contribution in [2.45, 2.75) is 0 Å². The van der Waals surface area contributed by atoms with Crippen molar-refractivity contribution >= 4 is 17.5 Å². The smallest absolute Gasteiger partial charge is 0.221 e. The molecule has 0 atom stereocenters. The summed E-state index contributed by atoms with van der Waals surface area (Å²) in [5, 5.41) is 0.661. The molecule has 0 spiro atoms. The van der Waals surface area contributed by atoms with Crippen LogP contribution in [-0.4, -0.2) is 9.97 Å². The van der Waals surface area contributed by atoms with Crippen LogP contribution in [0.15, 0.2) is 24.3 Å². The Labute approximate surface area is 74.5 Å². The highest BCUT2D eigenvalue weighted by Gasteiger charge is 2.05. The van der Waals surface area contributed by atoms with E-state index in [-0.39, 0.29) is 0 Å². The number of fused-ring (bicyclic) bond motifs is 1. The van der Waals surface area contributed by atoms with Crippen molar-refractivity contribution in [1.82, 2.24) is 9.97 Å². The maximum atomic E-state index is 5.76. The first-order valence-electron chi connectivity index (χ1n) is 3.44. The number of halogens is 1. The fourth-order valence-electron chi connectivity index (χ4n) is 1.00. The molecule has 2 rings (SSSR count). The Kier molecular flexibility index (Phi) is 1.59. The fourth-order valence-corrected chi connectivity index (χ4v) is 1.13. The summed E-state index contributed by atoms with van der Waals surface area (Å²) in [7, 11) is 0. The van der Waals surface area contributed by atoms with Crippen molar-refractivity contribution in [2.75, 3.05) is 5.73 Å². The minimum atomic E-state index is 0.298. The zero-order valence-corrected chi connectivity index (χ0v) is 6.92. The summed E-state index contributed by atoms with van der Waals surface area (Å²) < 4.78 is 0. The highest BCUT2D eigenvalue weighted by Crippen LogP contribution is 2.20. The number of nitrogen functional groups attached to an aromatic ring is 1. The molecular formula is C8H6ClN3. The van der Waals surface area contributed by atoms with Crippen LogP contribution in [0.4, 0.5) is 5.95 Å². The van der Waals surface area contributed by atoms with Crippen molar-refractivity contribution in [3.8, 4) is 11.4 Å². The maximum absolute atomic E-state index is 5.76. The second-order valence-corrected chi connectivity index (χ2v) is 2.84. The van der Waals surface area contributed by atoms with Crippen molar-refractivity contribution < 1.29 is 0 Å². The number of anilines is 1. The lowest BCUT2D eigenvalue weighted by Gasteiger charge is -1.80. The Balaban J connectivity index is 2.70. The number of rotatable bonds is 0. The Morgan fingerprint density at radius 2 is 1.50 bits per heavy atom. The fraction of sp³-hybridized carbons (Fsp3) is 0. The molecule has 0 amide bonds. The van der Waals surface area contributed by atoms with Gasteiger partial charge in [0, 0.05) is 5.02 Å². The second-order valence-electron chi connectivity index (χ2n) is 2.40. The number of imidazole rings is 1. The van der Waals surface area contributed by atoms with Gasteiger partial charge in [0.15, 0.2) is 0 Å². The first-order chi connectivity index (χ1) is 5.75. The molecule has 0 bridgehead atoms. The van der Waals surface area contributed by atoms with E-state index in [0.29, 0.717) is 11.0 Å². The van der Waals surface area contributed by atoms with Crippen molar-refractivity contribution in [3.63, 3.8) is 0 Å². The molecule has 0 saturated heterocycles. The van der Waals surface area contributed by atoms with E-state index in [2.05, 4.69) is 9.97 Å². The molecule has 2 aliphatic rings. The minimum absolute atomic E-state index is 0.298. The number of hydrogen-bond acceptors (Lipinski definition) is 3. The summed E-state index contributed by atoms with van der Waals surface area (Å²) in [5.41, 5.74) is 6.94. The number of nitrogens with zero attached hydrogens (tertiary/aromatic N) is 2. The van der Waals surface area contributed by atoms with Crippen LogP contribution >= 0.6 is 11.6 Å². The molecule has 0 aromatic heterocycles. The summed E-state index contributed by atoms with van der Waals surface area (Å²) in [6, 6.07) is 7.11. The Bertz CT molecular complexity index is 355. The SMILES string of the molecule is Nc1nc2ccc(Cl)ccc-2n1. The van der Waals surface area contributed by atoms with Crippen LogP contribution in [0.25, 0.3) is 11.4 Å². The summed E-state index contributed by atoms with van der Waals surface area (Å²) in [4.78, 5) is 8.00. The lowest BCUT2D eigenvalue weighted by atomic mass is 10.3. The van der Waals surface area contributed by atoms with Gasteiger partial charge in [0.25, 0.3) is 0 Å². The van der Waals surface area contributed by atoms with Crippen LogP contribution in [0.3, 0.4) is 0 Å². The maximum Gasteiger partial charge on any atom is 0.221 e. The van der Waals surface area contributed by atoms with Crippen LogP contribution < -0.4 is 5.73 Å². The van der Waals surface area contributed by atoms with E-state index in [1.807, 2.05) is 0 Å². The number of nitrogens with two attached hydrogens (primary N) is 1.